The van der Waals surface area contributed by atoms with E-state index in [0.29, 0.717) is 6.67 Å². The molecule has 0 saturated carbocycles. The van der Waals surface area contributed by atoms with Gasteiger partial charge in [-0.05, 0) is 10.4 Å². The molecule has 0 atom stereocenters. The Morgan fingerprint density at radius 1 is 1.00 bits per heavy atom. The third-order valence-corrected chi connectivity index (χ3v) is 0.293. The SMILES string of the molecule is C1N=NN=N1.CC. The molecule has 0 N–H and O–H groups in total. The molecule has 1 aliphatic heterocycles. The van der Waals surface area contributed by atoms with Gasteiger partial charge in [-0.2, -0.15) is 0 Å². The van der Waals surface area contributed by atoms with Gasteiger partial charge in [0.05, 0.1) is 0 Å². The van der Waals surface area contributed by atoms with Gasteiger partial charge >= 0.3 is 0 Å². The van der Waals surface area contributed by atoms with Gasteiger partial charge in [0, 0.05) is 0 Å². The molecule has 0 aliphatic carbocycles. The highest BCUT2D eigenvalue weighted by Gasteiger charge is 1.76. The van der Waals surface area contributed by atoms with Crippen LogP contribution in [0.1, 0.15) is 13.8 Å². The number of hydrogen-bond donors (Lipinski definition) is 0. The van der Waals surface area contributed by atoms with Crippen LogP contribution in [-0.2, 0) is 0 Å². The molecule has 0 unspecified atom stereocenters. The van der Waals surface area contributed by atoms with Gasteiger partial charge in [0.1, 0.15) is 0 Å². The van der Waals surface area contributed by atoms with Crippen LogP contribution < -0.4 is 0 Å². The summed E-state index contributed by atoms with van der Waals surface area (Å²) in [6.45, 7) is 4.42. The molecule has 4 nitrogen and oxygen atoms in total. The molecular formula is C3H8N4. The highest BCUT2D eigenvalue weighted by molar-refractivity contribution is 4.30. The van der Waals surface area contributed by atoms with Crippen LogP contribution in [0.25, 0.3) is 0 Å². The quantitative estimate of drug-likeness (QED) is 0.445. The van der Waals surface area contributed by atoms with Crippen molar-refractivity contribution in [1.82, 2.24) is 0 Å². The molecule has 0 saturated heterocycles. The summed E-state index contributed by atoms with van der Waals surface area (Å²) in [5.74, 6) is 0. The van der Waals surface area contributed by atoms with Crippen molar-refractivity contribution >= 4 is 0 Å². The van der Waals surface area contributed by atoms with E-state index >= 15 is 0 Å². The third-order valence-electron chi connectivity index (χ3n) is 0.293. The summed E-state index contributed by atoms with van der Waals surface area (Å²) in [5.41, 5.74) is 0. The number of rotatable bonds is 0. The Balaban J connectivity index is 0.000000162. The average Bonchev–Trinajstić information content (AvgIpc) is 2.23. The zero-order valence-corrected chi connectivity index (χ0v) is 4.50. The van der Waals surface area contributed by atoms with Crippen LogP contribution in [0.2, 0.25) is 0 Å². The van der Waals surface area contributed by atoms with Crippen molar-refractivity contribution in [2.24, 2.45) is 20.7 Å². The molecule has 1 aliphatic rings. The molecule has 7 heavy (non-hydrogen) atoms. The van der Waals surface area contributed by atoms with Crippen molar-refractivity contribution in [3.05, 3.63) is 0 Å². The van der Waals surface area contributed by atoms with Crippen LogP contribution in [0.15, 0.2) is 20.7 Å². The fourth-order valence-corrected chi connectivity index (χ4v) is 0.141. The van der Waals surface area contributed by atoms with Crippen molar-refractivity contribution in [1.29, 1.82) is 0 Å². The van der Waals surface area contributed by atoms with Crippen LogP contribution >= 0.6 is 0 Å². The maximum Gasteiger partial charge on any atom is 0.175 e. The predicted octanol–water partition coefficient (Wildman–Crippen LogP) is 1.80. The van der Waals surface area contributed by atoms with Crippen LogP contribution in [0.5, 0.6) is 0 Å². The van der Waals surface area contributed by atoms with E-state index < -0.39 is 0 Å². The Morgan fingerprint density at radius 3 is 1.57 bits per heavy atom. The standard InChI is InChI=1S/C2H6.CH2N4/c1-2;1-2-4-5-3-1/h1-2H3;1H2. The van der Waals surface area contributed by atoms with Crippen molar-refractivity contribution < 1.29 is 0 Å². The summed E-state index contributed by atoms with van der Waals surface area (Å²) in [7, 11) is 0. The van der Waals surface area contributed by atoms with Gasteiger partial charge in [0.25, 0.3) is 0 Å². The molecule has 0 fully saturated rings. The Morgan fingerprint density at radius 2 is 1.43 bits per heavy atom. The van der Waals surface area contributed by atoms with Crippen LogP contribution in [0, 0.1) is 0 Å². The van der Waals surface area contributed by atoms with Crippen molar-refractivity contribution in [3.63, 3.8) is 0 Å². The zero-order chi connectivity index (χ0) is 5.54. The second-order valence-electron chi connectivity index (χ2n) is 0.603. The molecule has 1 heterocycles. The number of hydrogen-bond acceptors (Lipinski definition) is 4. The van der Waals surface area contributed by atoms with Gasteiger partial charge in [0.15, 0.2) is 6.67 Å². The summed E-state index contributed by atoms with van der Waals surface area (Å²) >= 11 is 0. The maximum absolute atomic E-state index is 3.38. The second kappa shape index (κ2) is 5.20. The molecule has 1 rings (SSSR count). The molecular weight excluding hydrogens is 92.1 g/mol. The smallest absolute Gasteiger partial charge is 0.142 e. The summed E-state index contributed by atoms with van der Waals surface area (Å²) in [5, 5.41) is 13.1. The van der Waals surface area contributed by atoms with E-state index in [2.05, 4.69) is 20.7 Å². The first-order valence-electron chi connectivity index (χ1n) is 2.23. The molecule has 0 spiro atoms. The highest BCUT2D eigenvalue weighted by atomic mass is 15.5. The van der Waals surface area contributed by atoms with Gasteiger partial charge in [-0.1, -0.05) is 13.8 Å². The van der Waals surface area contributed by atoms with Crippen LogP contribution in [0.4, 0.5) is 0 Å². The minimum absolute atomic E-state index is 0.417. The molecule has 4 heteroatoms. The lowest BCUT2D eigenvalue weighted by Gasteiger charge is -1.52. The van der Waals surface area contributed by atoms with Gasteiger partial charge in [0.2, 0.25) is 0 Å². The van der Waals surface area contributed by atoms with E-state index in [1.54, 1.807) is 0 Å². The van der Waals surface area contributed by atoms with E-state index in [9.17, 15) is 0 Å². The summed E-state index contributed by atoms with van der Waals surface area (Å²) in [6, 6.07) is 0. The molecule has 0 radical (unpaired) electrons. The summed E-state index contributed by atoms with van der Waals surface area (Å²) in [6.07, 6.45) is 0. The topological polar surface area (TPSA) is 49.4 Å². The van der Waals surface area contributed by atoms with E-state index in [1.807, 2.05) is 13.8 Å². The van der Waals surface area contributed by atoms with Crippen molar-refractivity contribution in [2.75, 3.05) is 6.67 Å². The molecule has 0 aromatic rings. The minimum atomic E-state index is 0.417. The van der Waals surface area contributed by atoms with Gasteiger partial charge in [-0.25, -0.2) is 0 Å². The lowest BCUT2D eigenvalue weighted by molar-refractivity contribution is 1.05. The monoisotopic (exact) mass is 100 g/mol. The van der Waals surface area contributed by atoms with Crippen molar-refractivity contribution in [2.45, 2.75) is 13.8 Å². The lowest BCUT2D eigenvalue weighted by Crippen LogP contribution is -1.52. The number of nitrogens with zero attached hydrogens (tertiary/aromatic N) is 4. The van der Waals surface area contributed by atoms with Gasteiger partial charge in [-0.15, -0.1) is 10.2 Å². The molecule has 0 amide bonds. The van der Waals surface area contributed by atoms with Crippen LogP contribution in [0.3, 0.4) is 0 Å². The fourth-order valence-electron chi connectivity index (χ4n) is 0.141. The first-order valence-corrected chi connectivity index (χ1v) is 2.23. The Kier molecular flexibility index (Phi) is 4.61. The maximum atomic E-state index is 3.38. The highest BCUT2D eigenvalue weighted by Crippen LogP contribution is 1.87. The largest absolute Gasteiger partial charge is 0.175 e. The first-order chi connectivity index (χ1) is 3.50. The summed E-state index contributed by atoms with van der Waals surface area (Å²) in [4.78, 5) is 0. The minimum Gasteiger partial charge on any atom is -0.142 e. The molecule has 0 aromatic carbocycles. The van der Waals surface area contributed by atoms with E-state index in [1.165, 1.54) is 0 Å². The Hall–Kier alpha value is -0.800. The fraction of sp³-hybridized carbons (Fsp3) is 1.00. The van der Waals surface area contributed by atoms with Crippen LogP contribution in [-0.4, -0.2) is 6.67 Å². The van der Waals surface area contributed by atoms with Crippen molar-refractivity contribution in [3.8, 4) is 0 Å². The lowest BCUT2D eigenvalue weighted by atomic mass is 11.0. The summed E-state index contributed by atoms with van der Waals surface area (Å²) < 4.78 is 0. The molecule has 0 aromatic heterocycles. The Labute approximate surface area is 42.3 Å². The molecule has 0 bridgehead atoms. The average molecular weight is 100 g/mol. The first kappa shape index (κ1) is 6.20. The third kappa shape index (κ3) is 3.02. The van der Waals surface area contributed by atoms with E-state index in [0.717, 1.165) is 0 Å². The predicted molar refractivity (Wildman–Crippen MR) is 25.9 cm³/mol. The van der Waals surface area contributed by atoms with E-state index in [4.69, 9.17) is 0 Å². The normalized spacial score (nSPS) is 13.4. The van der Waals surface area contributed by atoms with E-state index in [-0.39, 0.29) is 0 Å². The van der Waals surface area contributed by atoms with Gasteiger partial charge < -0.3 is 0 Å². The Bertz CT molecular complexity index is 65.0. The zero-order valence-electron chi connectivity index (χ0n) is 4.50. The molecule has 40 valence electrons. The second-order valence-corrected chi connectivity index (χ2v) is 0.603. The van der Waals surface area contributed by atoms with Gasteiger partial charge in [-0.3, -0.25) is 0 Å².